The van der Waals surface area contributed by atoms with Crippen LogP contribution in [0.2, 0.25) is 0 Å². The number of carbonyl (C=O) groups is 2. The van der Waals surface area contributed by atoms with Crippen LogP contribution in [-0.4, -0.2) is 47.3 Å². The maximum absolute atomic E-state index is 12.0. The molecule has 5 nitrogen and oxygen atoms in total. The van der Waals surface area contributed by atoms with Crippen molar-refractivity contribution in [3.8, 4) is 0 Å². The van der Waals surface area contributed by atoms with Gasteiger partial charge < -0.3 is 15.3 Å². The van der Waals surface area contributed by atoms with Crippen molar-refractivity contribution in [1.82, 2.24) is 10.2 Å². The van der Waals surface area contributed by atoms with Gasteiger partial charge in [0.05, 0.1) is 6.42 Å². The Kier molecular flexibility index (Phi) is 4.80. The molecular formula is C10H15F3N2O3. The first-order valence-electron chi connectivity index (χ1n) is 5.62. The molecule has 0 saturated carbocycles. The van der Waals surface area contributed by atoms with Gasteiger partial charge in [0.2, 0.25) is 0 Å². The number of amides is 2. The van der Waals surface area contributed by atoms with Crippen molar-refractivity contribution in [3.63, 3.8) is 0 Å². The summed E-state index contributed by atoms with van der Waals surface area (Å²) in [7, 11) is 0. The normalized spacial score (nSPS) is 20.6. The van der Waals surface area contributed by atoms with E-state index in [1.54, 1.807) is 5.32 Å². The third-order valence-corrected chi connectivity index (χ3v) is 2.74. The monoisotopic (exact) mass is 268 g/mol. The standard InChI is InChI=1S/C10H15F3N2O3/c11-10(12,13)6-14-9(18)15-4-2-1-3-7(15)5-8(16)17/h7H,1-6H2,(H,14,18)(H,16,17). The first-order chi connectivity index (χ1) is 8.29. The minimum atomic E-state index is -4.46. The number of carboxylic acid groups (broad SMARTS) is 1. The zero-order valence-corrected chi connectivity index (χ0v) is 9.66. The van der Waals surface area contributed by atoms with E-state index in [-0.39, 0.29) is 6.42 Å². The van der Waals surface area contributed by atoms with Crippen LogP contribution in [0.25, 0.3) is 0 Å². The largest absolute Gasteiger partial charge is 0.481 e. The number of piperidine rings is 1. The number of carboxylic acids is 1. The fourth-order valence-electron chi connectivity index (χ4n) is 1.96. The predicted molar refractivity (Wildman–Crippen MR) is 56.1 cm³/mol. The van der Waals surface area contributed by atoms with Crippen molar-refractivity contribution >= 4 is 12.0 Å². The van der Waals surface area contributed by atoms with Crippen LogP contribution in [0, 0.1) is 0 Å². The lowest BCUT2D eigenvalue weighted by atomic mass is 10.00. The van der Waals surface area contributed by atoms with Crippen molar-refractivity contribution in [2.45, 2.75) is 37.9 Å². The second-order valence-corrected chi connectivity index (χ2v) is 4.21. The molecule has 2 N–H and O–H groups in total. The van der Waals surface area contributed by atoms with Gasteiger partial charge in [-0.1, -0.05) is 0 Å². The highest BCUT2D eigenvalue weighted by Gasteiger charge is 2.32. The van der Waals surface area contributed by atoms with E-state index in [0.717, 1.165) is 6.42 Å². The lowest BCUT2D eigenvalue weighted by Gasteiger charge is -2.35. The molecule has 1 saturated heterocycles. The van der Waals surface area contributed by atoms with Crippen LogP contribution in [0.15, 0.2) is 0 Å². The molecular weight excluding hydrogens is 253 g/mol. The molecule has 1 rings (SSSR count). The Labute approximate surface area is 102 Å². The van der Waals surface area contributed by atoms with Crippen LogP contribution in [0.1, 0.15) is 25.7 Å². The Morgan fingerprint density at radius 3 is 2.56 bits per heavy atom. The SMILES string of the molecule is O=C(O)CC1CCCCN1C(=O)NCC(F)(F)F. The molecule has 1 aliphatic rings. The van der Waals surface area contributed by atoms with E-state index in [1.807, 2.05) is 0 Å². The number of nitrogens with zero attached hydrogens (tertiary/aromatic N) is 1. The molecule has 0 aromatic rings. The van der Waals surface area contributed by atoms with Crippen molar-refractivity contribution in [2.75, 3.05) is 13.1 Å². The summed E-state index contributed by atoms with van der Waals surface area (Å²) in [5.41, 5.74) is 0. The lowest BCUT2D eigenvalue weighted by molar-refractivity contribution is -0.138. The summed E-state index contributed by atoms with van der Waals surface area (Å²) in [5, 5.41) is 10.5. The number of nitrogens with one attached hydrogen (secondary N) is 1. The van der Waals surface area contributed by atoms with E-state index in [1.165, 1.54) is 4.90 Å². The number of carbonyl (C=O) groups excluding carboxylic acids is 1. The maximum Gasteiger partial charge on any atom is 0.405 e. The van der Waals surface area contributed by atoms with Gasteiger partial charge in [-0.25, -0.2) is 4.79 Å². The first-order valence-corrected chi connectivity index (χ1v) is 5.62. The molecule has 0 bridgehead atoms. The van der Waals surface area contributed by atoms with Gasteiger partial charge in [0, 0.05) is 12.6 Å². The Morgan fingerprint density at radius 2 is 2.00 bits per heavy atom. The van der Waals surface area contributed by atoms with E-state index >= 15 is 0 Å². The molecule has 2 amide bonds. The van der Waals surface area contributed by atoms with Gasteiger partial charge in [0.1, 0.15) is 6.54 Å². The first kappa shape index (κ1) is 14.6. The highest BCUT2D eigenvalue weighted by atomic mass is 19.4. The summed E-state index contributed by atoms with van der Waals surface area (Å²) >= 11 is 0. The second kappa shape index (κ2) is 5.92. The van der Waals surface area contributed by atoms with Crippen molar-refractivity contribution in [2.24, 2.45) is 0 Å². The minimum absolute atomic E-state index is 0.237. The fourth-order valence-corrected chi connectivity index (χ4v) is 1.96. The highest BCUT2D eigenvalue weighted by Crippen LogP contribution is 2.20. The summed E-state index contributed by atoms with van der Waals surface area (Å²) in [5.74, 6) is -1.06. The predicted octanol–water partition coefficient (Wildman–Crippen LogP) is 1.59. The van der Waals surface area contributed by atoms with Gasteiger partial charge in [-0.15, -0.1) is 0 Å². The number of aliphatic carboxylic acids is 1. The molecule has 1 atom stereocenters. The molecule has 0 aliphatic carbocycles. The number of urea groups is 1. The van der Waals surface area contributed by atoms with Gasteiger partial charge >= 0.3 is 18.2 Å². The minimum Gasteiger partial charge on any atom is -0.481 e. The zero-order chi connectivity index (χ0) is 13.8. The molecule has 0 radical (unpaired) electrons. The number of rotatable bonds is 3. The number of hydrogen-bond donors (Lipinski definition) is 2. The van der Waals surface area contributed by atoms with Gasteiger partial charge in [0.15, 0.2) is 0 Å². The van der Waals surface area contributed by atoms with Gasteiger partial charge in [-0.2, -0.15) is 13.2 Å². The molecule has 0 spiro atoms. The van der Waals surface area contributed by atoms with Crippen molar-refractivity contribution < 1.29 is 27.9 Å². The van der Waals surface area contributed by atoms with Crippen molar-refractivity contribution in [1.29, 1.82) is 0 Å². The van der Waals surface area contributed by atoms with E-state index < -0.39 is 30.8 Å². The molecule has 0 aromatic heterocycles. The molecule has 0 aromatic carbocycles. The Hall–Kier alpha value is -1.47. The number of halogens is 3. The molecule has 1 fully saturated rings. The molecule has 1 heterocycles. The smallest absolute Gasteiger partial charge is 0.405 e. The van der Waals surface area contributed by atoms with E-state index in [9.17, 15) is 22.8 Å². The molecule has 1 unspecified atom stereocenters. The van der Waals surface area contributed by atoms with Crippen LogP contribution in [0.3, 0.4) is 0 Å². The van der Waals surface area contributed by atoms with Gasteiger partial charge in [-0.3, -0.25) is 4.79 Å². The van der Waals surface area contributed by atoms with E-state index in [2.05, 4.69) is 0 Å². The Balaban J connectivity index is 2.54. The summed E-state index contributed by atoms with van der Waals surface area (Å²) in [6.07, 6.45) is -2.74. The van der Waals surface area contributed by atoms with E-state index in [4.69, 9.17) is 5.11 Å². The number of hydrogen-bond acceptors (Lipinski definition) is 2. The molecule has 18 heavy (non-hydrogen) atoms. The van der Waals surface area contributed by atoms with Crippen LogP contribution >= 0.6 is 0 Å². The van der Waals surface area contributed by atoms with E-state index in [0.29, 0.717) is 19.4 Å². The lowest BCUT2D eigenvalue weighted by Crippen LogP contribution is -2.51. The average molecular weight is 268 g/mol. The molecule has 1 aliphatic heterocycles. The van der Waals surface area contributed by atoms with Crippen LogP contribution in [-0.2, 0) is 4.79 Å². The Bertz CT molecular complexity index is 320. The van der Waals surface area contributed by atoms with Gasteiger partial charge in [-0.05, 0) is 19.3 Å². The Morgan fingerprint density at radius 1 is 1.33 bits per heavy atom. The van der Waals surface area contributed by atoms with Crippen LogP contribution in [0.4, 0.5) is 18.0 Å². The maximum atomic E-state index is 12.0. The third kappa shape index (κ3) is 4.80. The zero-order valence-electron chi connectivity index (χ0n) is 9.66. The highest BCUT2D eigenvalue weighted by molar-refractivity contribution is 5.76. The summed E-state index contributed by atoms with van der Waals surface area (Å²) in [4.78, 5) is 23.4. The quantitative estimate of drug-likeness (QED) is 0.816. The third-order valence-electron chi connectivity index (χ3n) is 2.74. The summed E-state index contributed by atoms with van der Waals surface area (Å²) in [6.45, 7) is -1.11. The molecule has 104 valence electrons. The topological polar surface area (TPSA) is 69.6 Å². The second-order valence-electron chi connectivity index (χ2n) is 4.21. The van der Waals surface area contributed by atoms with Gasteiger partial charge in [0.25, 0.3) is 0 Å². The number of likely N-dealkylation sites (tertiary alicyclic amines) is 1. The van der Waals surface area contributed by atoms with Crippen molar-refractivity contribution in [3.05, 3.63) is 0 Å². The fraction of sp³-hybridized carbons (Fsp3) is 0.800. The summed E-state index contributed by atoms with van der Waals surface area (Å²) in [6, 6.07) is -1.37. The summed E-state index contributed by atoms with van der Waals surface area (Å²) < 4.78 is 35.9. The van der Waals surface area contributed by atoms with Crippen LogP contribution in [0.5, 0.6) is 0 Å². The van der Waals surface area contributed by atoms with Crippen LogP contribution < -0.4 is 5.32 Å². The average Bonchev–Trinajstić information content (AvgIpc) is 2.25. The number of alkyl halides is 3. The molecule has 8 heteroatoms.